The van der Waals surface area contributed by atoms with Crippen LogP contribution in [0.3, 0.4) is 0 Å². The second kappa shape index (κ2) is 5.77. The molecule has 0 aliphatic carbocycles. The van der Waals surface area contributed by atoms with Gasteiger partial charge in [-0.1, -0.05) is 11.6 Å². The highest BCUT2D eigenvalue weighted by atomic mass is 35.5. The normalized spacial score (nSPS) is 17.5. The highest BCUT2D eigenvalue weighted by Crippen LogP contribution is 2.27. The first-order valence-electron chi connectivity index (χ1n) is 6.76. The summed E-state index contributed by atoms with van der Waals surface area (Å²) in [6.45, 7) is 1.72. The van der Waals surface area contributed by atoms with Crippen LogP contribution in [0, 0.1) is 0 Å². The maximum atomic E-state index is 12.7. The molecule has 1 atom stereocenters. The Bertz CT molecular complexity index is 735. The Morgan fingerprint density at radius 3 is 2.59 bits per heavy atom. The molecule has 0 saturated carbocycles. The van der Waals surface area contributed by atoms with Gasteiger partial charge in [0, 0.05) is 17.5 Å². The van der Waals surface area contributed by atoms with Crippen LogP contribution >= 0.6 is 11.6 Å². The van der Waals surface area contributed by atoms with Crippen LogP contribution in [0.15, 0.2) is 52.2 Å². The van der Waals surface area contributed by atoms with E-state index in [1.54, 1.807) is 36.4 Å². The Kier molecular flexibility index (Phi) is 3.81. The van der Waals surface area contributed by atoms with Gasteiger partial charge in [-0.05, 0) is 36.4 Å². The zero-order valence-electron chi connectivity index (χ0n) is 11.8. The first-order chi connectivity index (χ1) is 10.6. The van der Waals surface area contributed by atoms with Gasteiger partial charge in [-0.25, -0.2) is 5.01 Å². The molecular weight excluding hydrogens is 304 g/mol. The lowest BCUT2D eigenvalue weighted by atomic mass is 9.94. The number of amides is 1. The third-order valence-electron chi connectivity index (χ3n) is 3.50. The van der Waals surface area contributed by atoms with Crippen molar-refractivity contribution >= 4 is 29.0 Å². The van der Waals surface area contributed by atoms with E-state index in [0.717, 1.165) is 0 Å². The molecular formula is C16H13ClN2O3. The number of hydrogen-bond acceptors (Lipinski definition) is 4. The monoisotopic (exact) mass is 316 g/mol. The Morgan fingerprint density at radius 1 is 1.27 bits per heavy atom. The zero-order chi connectivity index (χ0) is 15.7. The highest BCUT2D eigenvalue weighted by Gasteiger charge is 2.36. The van der Waals surface area contributed by atoms with E-state index < -0.39 is 0 Å². The summed E-state index contributed by atoms with van der Waals surface area (Å²) in [7, 11) is 0. The average molecular weight is 317 g/mol. The maximum absolute atomic E-state index is 12.7. The van der Waals surface area contributed by atoms with E-state index in [4.69, 9.17) is 16.0 Å². The molecule has 1 aromatic heterocycles. The number of benzene rings is 1. The molecule has 0 radical (unpaired) electrons. The van der Waals surface area contributed by atoms with E-state index >= 15 is 0 Å². The number of rotatable bonds is 3. The van der Waals surface area contributed by atoms with Crippen molar-refractivity contribution in [2.45, 2.75) is 12.8 Å². The molecule has 0 spiro atoms. The SMILES string of the molecule is CC(=O)N1C[C@H](c2ccco2)C(C(=O)c2ccc(Cl)cc2)=N1. The first-order valence-corrected chi connectivity index (χ1v) is 7.14. The minimum Gasteiger partial charge on any atom is -0.469 e. The number of halogens is 1. The molecule has 112 valence electrons. The number of Topliss-reactive ketones (excluding diaryl/α,β-unsaturated/α-hetero) is 1. The van der Waals surface area contributed by atoms with E-state index in [2.05, 4.69) is 5.10 Å². The summed E-state index contributed by atoms with van der Waals surface area (Å²) in [4.78, 5) is 24.2. The fraction of sp³-hybridized carbons (Fsp3) is 0.188. The van der Waals surface area contributed by atoms with Crippen LogP contribution in [0.25, 0.3) is 0 Å². The van der Waals surface area contributed by atoms with Gasteiger partial charge in [-0.3, -0.25) is 9.59 Å². The molecule has 1 aliphatic rings. The third-order valence-corrected chi connectivity index (χ3v) is 3.76. The molecule has 22 heavy (non-hydrogen) atoms. The first kappa shape index (κ1) is 14.5. The summed E-state index contributed by atoms with van der Waals surface area (Å²) in [5.74, 6) is -0.191. The van der Waals surface area contributed by atoms with E-state index in [1.165, 1.54) is 18.2 Å². The lowest BCUT2D eigenvalue weighted by Gasteiger charge is -2.10. The average Bonchev–Trinajstić information content (AvgIpc) is 3.16. The predicted octanol–water partition coefficient (Wildman–Crippen LogP) is 3.12. The van der Waals surface area contributed by atoms with Gasteiger partial charge in [0.25, 0.3) is 0 Å². The molecule has 0 saturated heterocycles. The topological polar surface area (TPSA) is 62.9 Å². The summed E-state index contributed by atoms with van der Waals surface area (Å²) in [5, 5.41) is 6.02. The van der Waals surface area contributed by atoms with Crippen molar-refractivity contribution in [3.63, 3.8) is 0 Å². The Hall–Kier alpha value is -2.40. The van der Waals surface area contributed by atoms with Gasteiger partial charge in [-0.2, -0.15) is 5.10 Å². The van der Waals surface area contributed by atoms with Crippen molar-refractivity contribution in [3.8, 4) is 0 Å². The fourth-order valence-electron chi connectivity index (χ4n) is 2.37. The van der Waals surface area contributed by atoms with Crippen LogP contribution in [0.4, 0.5) is 0 Å². The predicted molar refractivity (Wildman–Crippen MR) is 82.1 cm³/mol. The van der Waals surface area contributed by atoms with Crippen LogP contribution in [0.2, 0.25) is 5.02 Å². The number of nitrogens with zero attached hydrogens (tertiary/aromatic N) is 2. The van der Waals surface area contributed by atoms with Crippen molar-refractivity contribution < 1.29 is 14.0 Å². The van der Waals surface area contributed by atoms with E-state index in [-0.39, 0.29) is 17.6 Å². The minimum atomic E-state index is -0.359. The largest absolute Gasteiger partial charge is 0.469 e. The summed E-state index contributed by atoms with van der Waals surface area (Å²) < 4.78 is 5.39. The summed E-state index contributed by atoms with van der Waals surface area (Å²) in [5.41, 5.74) is 0.776. The number of carbonyl (C=O) groups is 2. The second-order valence-electron chi connectivity index (χ2n) is 4.99. The van der Waals surface area contributed by atoms with Gasteiger partial charge >= 0.3 is 0 Å². The minimum absolute atomic E-state index is 0.213. The second-order valence-corrected chi connectivity index (χ2v) is 5.43. The summed E-state index contributed by atoms with van der Waals surface area (Å²) in [6.07, 6.45) is 1.54. The lowest BCUT2D eigenvalue weighted by Crippen LogP contribution is -2.24. The molecule has 2 aromatic rings. The van der Waals surface area contributed by atoms with E-state index in [0.29, 0.717) is 28.6 Å². The molecule has 0 unspecified atom stereocenters. The number of ketones is 1. The van der Waals surface area contributed by atoms with Gasteiger partial charge in [0.2, 0.25) is 11.7 Å². The molecule has 5 nitrogen and oxygen atoms in total. The molecule has 3 rings (SSSR count). The van der Waals surface area contributed by atoms with Crippen LogP contribution in [0.1, 0.15) is 29.0 Å². The third kappa shape index (κ3) is 2.67. The quantitative estimate of drug-likeness (QED) is 0.817. The molecule has 1 aliphatic heterocycles. The summed E-state index contributed by atoms with van der Waals surface area (Å²) >= 11 is 5.84. The molecule has 0 fully saturated rings. The number of furan rings is 1. The van der Waals surface area contributed by atoms with Crippen LogP contribution < -0.4 is 0 Å². The van der Waals surface area contributed by atoms with Gasteiger partial charge in [0.1, 0.15) is 11.5 Å². The molecule has 2 heterocycles. The molecule has 1 aromatic carbocycles. The smallest absolute Gasteiger partial charge is 0.239 e. The molecule has 6 heteroatoms. The van der Waals surface area contributed by atoms with Gasteiger partial charge in [-0.15, -0.1) is 0 Å². The van der Waals surface area contributed by atoms with Crippen molar-refractivity contribution in [3.05, 3.63) is 59.0 Å². The van der Waals surface area contributed by atoms with Crippen molar-refractivity contribution in [1.82, 2.24) is 5.01 Å². The van der Waals surface area contributed by atoms with E-state index in [1.807, 2.05) is 0 Å². The number of carbonyl (C=O) groups excluding carboxylic acids is 2. The Balaban J connectivity index is 1.96. The van der Waals surface area contributed by atoms with Crippen molar-refractivity contribution in [1.29, 1.82) is 0 Å². The van der Waals surface area contributed by atoms with Gasteiger partial charge < -0.3 is 4.42 Å². The fourth-order valence-corrected chi connectivity index (χ4v) is 2.49. The van der Waals surface area contributed by atoms with Gasteiger partial charge in [0.15, 0.2) is 0 Å². The van der Waals surface area contributed by atoms with Gasteiger partial charge in [0.05, 0.1) is 18.7 Å². The van der Waals surface area contributed by atoms with Crippen LogP contribution in [-0.2, 0) is 4.79 Å². The zero-order valence-corrected chi connectivity index (χ0v) is 12.6. The highest BCUT2D eigenvalue weighted by molar-refractivity contribution is 6.48. The van der Waals surface area contributed by atoms with Crippen LogP contribution in [0.5, 0.6) is 0 Å². The summed E-state index contributed by atoms with van der Waals surface area (Å²) in [6, 6.07) is 10.1. The van der Waals surface area contributed by atoms with Crippen molar-refractivity contribution in [2.75, 3.05) is 6.54 Å². The molecule has 1 amide bonds. The maximum Gasteiger partial charge on any atom is 0.239 e. The lowest BCUT2D eigenvalue weighted by molar-refractivity contribution is -0.128. The molecule has 0 N–H and O–H groups in total. The van der Waals surface area contributed by atoms with E-state index in [9.17, 15) is 9.59 Å². The standard InChI is InChI=1S/C16H13ClN2O3/c1-10(20)19-9-13(14-3-2-8-22-14)15(18-19)16(21)11-4-6-12(17)7-5-11/h2-8,13H,9H2,1H3/t13-/m1/s1. The Labute approximate surface area is 132 Å². The molecule has 0 bridgehead atoms. The van der Waals surface area contributed by atoms with Crippen LogP contribution in [-0.4, -0.2) is 29.0 Å². The number of hydrogen-bond donors (Lipinski definition) is 0. The Morgan fingerprint density at radius 2 is 2.00 bits per heavy atom. The van der Waals surface area contributed by atoms with Crippen molar-refractivity contribution in [2.24, 2.45) is 5.10 Å². The number of hydrazone groups is 1.